The number of likely N-dealkylation sites (tertiary alicyclic amines) is 1. The summed E-state index contributed by atoms with van der Waals surface area (Å²) < 4.78 is 48.9. The van der Waals surface area contributed by atoms with Crippen molar-refractivity contribution in [3.8, 4) is 0 Å². The van der Waals surface area contributed by atoms with Crippen LogP contribution in [0.25, 0.3) is 0 Å². The molecular formula is C20H24F3N3O3. The van der Waals surface area contributed by atoms with E-state index < -0.39 is 11.7 Å². The first kappa shape index (κ1) is 21.3. The Labute approximate surface area is 167 Å². The molecule has 0 spiro atoms. The zero-order chi connectivity index (χ0) is 20.9. The molecular weight excluding hydrogens is 387 g/mol. The van der Waals surface area contributed by atoms with Gasteiger partial charge in [-0.25, -0.2) is 0 Å². The summed E-state index contributed by atoms with van der Waals surface area (Å²) >= 11 is 0. The third kappa shape index (κ3) is 6.03. The van der Waals surface area contributed by atoms with Crippen LogP contribution in [0.3, 0.4) is 0 Å². The van der Waals surface area contributed by atoms with Gasteiger partial charge >= 0.3 is 12.1 Å². The second kappa shape index (κ2) is 9.39. The van der Waals surface area contributed by atoms with Gasteiger partial charge in [-0.05, 0) is 37.9 Å². The molecule has 2 heterocycles. The third-order valence-corrected chi connectivity index (χ3v) is 4.92. The van der Waals surface area contributed by atoms with Gasteiger partial charge in [-0.2, -0.15) is 18.2 Å². The minimum absolute atomic E-state index is 0.0571. The average Bonchev–Trinajstić information content (AvgIpc) is 3.10. The first-order chi connectivity index (χ1) is 13.8. The summed E-state index contributed by atoms with van der Waals surface area (Å²) in [5.74, 6) is 0.501. The van der Waals surface area contributed by atoms with Gasteiger partial charge in [-0.15, -0.1) is 0 Å². The molecule has 0 N–H and O–H groups in total. The minimum Gasteiger partial charge on any atom is -0.466 e. The smallest absolute Gasteiger partial charge is 0.416 e. The standard InChI is InChI=1S/C20H24F3N3O3/c1-2-28-19(27)12-16-8-3-4-9-26(16)13-18-24-17(25-29-18)11-14-6-5-7-15(10-14)20(21,22)23/h5-7,10,16H,2-4,8-9,11-13H2,1H3/t16-/m1/s1. The maximum Gasteiger partial charge on any atom is 0.416 e. The van der Waals surface area contributed by atoms with E-state index in [1.807, 2.05) is 0 Å². The molecule has 158 valence electrons. The van der Waals surface area contributed by atoms with Crippen LogP contribution >= 0.6 is 0 Å². The molecule has 0 unspecified atom stereocenters. The summed E-state index contributed by atoms with van der Waals surface area (Å²) in [5.41, 5.74) is -0.237. The summed E-state index contributed by atoms with van der Waals surface area (Å²) in [7, 11) is 0. The first-order valence-corrected chi connectivity index (χ1v) is 9.72. The number of benzene rings is 1. The molecule has 9 heteroatoms. The number of halogens is 3. The molecule has 0 amide bonds. The van der Waals surface area contributed by atoms with Crippen molar-refractivity contribution in [1.29, 1.82) is 0 Å². The van der Waals surface area contributed by atoms with Crippen LogP contribution in [0.1, 0.15) is 55.4 Å². The molecule has 1 aromatic carbocycles. The van der Waals surface area contributed by atoms with Gasteiger partial charge in [0.25, 0.3) is 0 Å². The molecule has 1 fully saturated rings. The molecule has 29 heavy (non-hydrogen) atoms. The molecule has 2 aromatic rings. The van der Waals surface area contributed by atoms with Crippen LogP contribution in [-0.2, 0) is 28.7 Å². The van der Waals surface area contributed by atoms with E-state index in [1.165, 1.54) is 6.07 Å². The quantitative estimate of drug-likeness (QED) is 0.642. The Hall–Kier alpha value is -2.42. The van der Waals surface area contributed by atoms with Crippen molar-refractivity contribution in [1.82, 2.24) is 15.0 Å². The second-order valence-electron chi connectivity index (χ2n) is 7.11. The molecule has 0 bridgehead atoms. The number of piperidine rings is 1. The van der Waals surface area contributed by atoms with Gasteiger partial charge in [0.15, 0.2) is 5.82 Å². The maximum absolute atomic E-state index is 12.9. The lowest BCUT2D eigenvalue weighted by Gasteiger charge is -2.34. The fourth-order valence-corrected chi connectivity index (χ4v) is 3.55. The van der Waals surface area contributed by atoms with Crippen molar-refractivity contribution in [2.24, 2.45) is 0 Å². The molecule has 0 saturated carbocycles. The van der Waals surface area contributed by atoms with Crippen molar-refractivity contribution in [3.63, 3.8) is 0 Å². The molecule has 1 atom stereocenters. The molecule has 0 radical (unpaired) electrons. The topological polar surface area (TPSA) is 68.5 Å². The number of alkyl halides is 3. The van der Waals surface area contributed by atoms with Crippen LogP contribution in [0.4, 0.5) is 13.2 Å². The Morgan fingerprint density at radius 1 is 1.34 bits per heavy atom. The van der Waals surface area contributed by atoms with E-state index in [9.17, 15) is 18.0 Å². The predicted octanol–water partition coefficient (Wildman–Crippen LogP) is 3.99. The molecule has 1 aliphatic rings. The lowest BCUT2D eigenvalue weighted by Crippen LogP contribution is -2.40. The van der Waals surface area contributed by atoms with Crippen molar-refractivity contribution >= 4 is 5.97 Å². The highest BCUT2D eigenvalue weighted by Crippen LogP contribution is 2.30. The Morgan fingerprint density at radius 2 is 2.17 bits per heavy atom. The van der Waals surface area contributed by atoms with Crippen LogP contribution < -0.4 is 0 Å². The average molecular weight is 411 g/mol. The van der Waals surface area contributed by atoms with E-state index in [0.29, 0.717) is 36.9 Å². The third-order valence-electron chi connectivity index (χ3n) is 4.92. The lowest BCUT2D eigenvalue weighted by atomic mass is 9.99. The van der Waals surface area contributed by atoms with Gasteiger partial charge in [-0.3, -0.25) is 9.69 Å². The van der Waals surface area contributed by atoms with Gasteiger partial charge in [0.2, 0.25) is 5.89 Å². The number of carbonyl (C=O) groups excluding carboxylic acids is 1. The van der Waals surface area contributed by atoms with Crippen molar-refractivity contribution in [3.05, 3.63) is 47.1 Å². The Kier molecular flexibility index (Phi) is 6.89. The summed E-state index contributed by atoms with van der Waals surface area (Å²) in [5, 5.41) is 3.90. The van der Waals surface area contributed by atoms with E-state index in [1.54, 1.807) is 13.0 Å². The summed E-state index contributed by atoms with van der Waals surface area (Å²) in [4.78, 5) is 18.3. The van der Waals surface area contributed by atoms with Gasteiger partial charge < -0.3 is 9.26 Å². The minimum atomic E-state index is -4.39. The zero-order valence-corrected chi connectivity index (χ0v) is 16.2. The number of carbonyl (C=O) groups is 1. The highest BCUT2D eigenvalue weighted by Gasteiger charge is 2.30. The zero-order valence-electron chi connectivity index (χ0n) is 16.2. The van der Waals surface area contributed by atoms with Crippen LogP contribution in [0.15, 0.2) is 28.8 Å². The van der Waals surface area contributed by atoms with E-state index in [-0.39, 0.29) is 18.4 Å². The Balaban J connectivity index is 1.63. The number of rotatable bonds is 7. The van der Waals surface area contributed by atoms with E-state index in [0.717, 1.165) is 37.9 Å². The summed E-state index contributed by atoms with van der Waals surface area (Å²) in [6.07, 6.45) is -0.959. The molecule has 0 aliphatic carbocycles. The number of nitrogens with zero attached hydrogens (tertiary/aromatic N) is 3. The predicted molar refractivity (Wildman–Crippen MR) is 97.8 cm³/mol. The largest absolute Gasteiger partial charge is 0.466 e. The maximum atomic E-state index is 12.9. The van der Waals surface area contributed by atoms with Crippen molar-refractivity contribution < 1.29 is 27.2 Å². The van der Waals surface area contributed by atoms with Crippen LogP contribution in [-0.4, -0.2) is 40.2 Å². The van der Waals surface area contributed by atoms with Crippen LogP contribution in [0, 0.1) is 0 Å². The Morgan fingerprint density at radius 3 is 2.93 bits per heavy atom. The second-order valence-corrected chi connectivity index (χ2v) is 7.11. The van der Waals surface area contributed by atoms with Crippen molar-refractivity contribution in [2.45, 2.75) is 57.8 Å². The van der Waals surface area contributed by atoms with Gasteiger partial charge in [0.05, 0.1) is 25.1 Å². The number of esters is 1. The van der Waals surface area contributed by atoms with E-state index >= 15 is 0 Å². The Bertz CT molecular complexity index is 823. The molecule has 1 aromatic heterocycles. The number of hydrogen-bond acceptors (Lipinski definition) is 6. The molecule has 1 saturated heterocycles. The summed E-state index contributed by atoms with van der Waals surface area (Å²) in [6, 6.07) is 5.15. The molecule has 6 nitrogen and oxygen atoms in total. The monoisotopic (exact) mass is 411 g/mol. The molecule has 3 rings (SSSR count). The normalized spacial score (nSPS) is 18.0. The van der Waals surface area contributed by atoms with E-state index in [4.69, 9.17) is 9.26 Å². The fourth-order valence-electron chi connectivity index (χ4n) is 3.55. The van der Waals surface area contributed by atoms with E-state index in [2.05, 4.69) is 15.0 Å². The number of ether oxygens (including phenoxy) is 1. The first-order valence-electron chi connectivity index (χ1n) is 9.72. The number of aromatic nitrogens is 2. The lowest BCUT2D eigenvalue weighted by molar-refractivity contribution is -0.145. The van der Waals surface area contributed by atoms with Crippen molar-refractivity contribution in [2.75, 3.05) is 13.2 Å². The van der Waals surface area contributed by atoms with Gasteiger partial charge in [0, 0.05) is 12.5 Å². The summed E-state index contributed by atoms with van der Waals surface area (Å²) in [6.45, 7) is 3.35. The van der Waals surface area contributed by atoms with Gasteiger partial charge in [-0.1, -0.05) is 29.8 Å². The number of hydrogen-bond donors (Lipinski definition) is 0. The molecule has 1 aliphatic heterocycles. The van der Waals surface area contributed by atoms with Gasteiger partial charge in [0.1, 0.15) is 0 Å². The highest BCUT2D eigenvalue weighted by molar-refractivity contribution is 5.70. The SMILES string of the molecule is CCOC(=O)C[C@H]1CCCCN1Cc1nc(Cc2cccc(C(F)(F)F)c2)no1. The fraction of sp³-hybridized carbons (Fsp3) is 0.550. The van der Waals surface area contributed by atoms with Crippen LogP contribution in [0.2, 0.25) is 0 Å². The highest BCUT2D eigenvalue weighted by atomic mass is 19.4. The van der Waals surface area contributed by atoms with Crippen LogP contribution in [0.5, 0.6) is 0 Å².